The Morgan fingerprint density at radius 1 is 1.12 bits per heavy atom. The van der Waals surface area contributed by atoms with Gasteiger partial charge in [0, 0.05) is 44.3 Å². The van der Waals surface area contributed by atoms with Crippen molar-refractivity contribution in [1.82, 2.24) is 9.80 Å². The largest absolute Gasteiger partial charge is 0.324 e. The van der Waals surface area contributed by atoms with Gasteiger partial charge in [-0.25, -0.2) is 0 Å². The van der Waals surface area contributed by atoms with Crippen molar-refractivity contribution in [2.45, 2.75) is 38.8 Å². The zero-order chi connectivity index (χ0) is 12.5. The summed E-state index contributed by atoms with van der Waals surface area (Å²) in [6.45, 7) is 12.9. The first-order valence-electron chi connectivity index (χ1n) is 6.86. The van der Waals surface area contributed by atoms with Crippen LogP contribution in [0.15, 0.2) is 12.2 Å². The SMILES string of the molecule is CC(C)(C)N1CCN(CC2C=CC(N)C2)CC1. The van der Waals surface area contributed by atoms with Gasteiger partial charge in [0.25, 0.3) is 0 Å². The Morgan fingerprint density at radius 3 is 2.24 bits per heavy atom. The fourth-order valence-corrected chi connectivity index (χ4v) is 2.87. The Labute approximate surface area is 106 Å². The Bertz CT molecular complexity index is 272. The molecule has 2 unspecified atom stereocenters. The van der Waals surface area contributed by atoms with Crippen molar-refractivity contribution in [3.63, 3.8) is 0 Å². The Kier molecular flexibility index (Phi) is 3.91. The number of hydrogen-bond acceptors (Lipinski definition) is 3. The van der Waals surface area contributed by atoms with Crippen molar-refractivity contribution >= 4 is 0 Å². The monoisotopic (exact) mass is 237 g/mol. The maximum absolute atomic E-state index is 5.90. The molecule has 1 aliphatic heterocycles. The minimum atomic E-state index is 0.302. The standard InChI is InChI=1S/C14H27N3/c1-14(2,3)17-8-6-16(7-9-17)11-12-4-5-13(15)10-12/h4-5,12-13H,6-11,15H2,1-3H3. The average molecular weight is 237 g/mol. The number of nitrogens with two attached hydrogens (primary N) is 1. The van der Waals surface area contributed by atoms with Gasteiger partial charge in [-0.2, -0.15) is 0 Å². The van der Waals surface area contributed by atoms with Gasteiger partial charge in [-0.15, -0.1) is 0 Å². The smallest absolute Gasteiger partial charge is 0.0229 e. The summed E-state index contributed by atoms with van der Waals surface area (Å²) in [4.78, 5) is 5.18. The summed E-state index contributed by atoms with van der Waals surface area (Å²) in [5, 5.41) is 0. The lowest BCUT2D eigenvalue weighted by molar-refractivity contribution is 0.0579. The zero-order valence-corrected chi connectivity index (χ0v) is 11.5. The Balaban J connectivity index is 1.74. The van der Waals surface area contributed by atoms with Gasteiger partial charge < -0.3 is 10.6 Å². The number of rotatable bonds is 2. The van der Waals surface area contributed by atoms with Gasteiger partial charge >= 0.3 is 0 Å². The molecule has 0 radical (unpaired) electrons. The second-order valence-electron chi connectivity index (χ2n) is 6.50. The molecule has 3 heteroatoms. The first-order valence-corrected chi connectivity index (χ1v) is 6.86. The van der Waals surface area contributed by atoms with E-state index in [0.29, 0.717) is 17.5 Å². The van der Waals surface area contributed by atoms with Crippen LogP contribution in [0.2, 0.25) is 0 Å². The lowest BCUT2D eigenvalue weighted by atomic mass is 10.0. The van der Waals surface area contributed by atoms with E-state index in [9.17, 15) is 0 Å². The van der Waals surface area contributed by atoms with E-state index in [1.165, 1.54) is 32.7 Å². The van der Waals surface area contributed by atoms with Crippen molar-refractivity contribution in [2.24, 2.45) is 11.7 Å². The van der Waals surface area contributed by atoms with E-state index in [0.717, 1.165) is 6.42 Å². The highest BCUT2D eigenvalue weighted by molar-refractivity contribution is 5.05. The summed E-state index contributed by atoms with van der Waals surface area (Å²) in [6, 6.07) is 0.302. The fraction of sp³-hybridized carbons (Fsp3) is 0.857. The van der Waals surface area contributed by atoms with Gasteiger partial charge in [-0.3, -0.25) is 4.90 Å². The molecule has 0 bridgehead atoms. The molecule has 2 rings (SSSR count). The molecule has 0 aromatic carbocycles. The molecule has 2 atom stereocenters. The van der Waals surface area contributed by atoms with Crippen LogP contribution in [-0.4, -0.2) is 54.1 Å². The highest BCUT2D eigenvalue weighted by Crippen LogP contribution is 2.20. The molecule has 1 fully saturated rings. The van der Waals surface area contributed by atoms with Gasteiger partial charge in [-0.1, -0.05) is 12.2 Å². The summed E-state index contributed by atoms with van der Waals surface area (Å²) in [5.41, 5.74) is 6.22. The van der Waals surface area contributed by atoms with E-state index in [1.54, 1.807) is 0 Å². The van der Waals surface area contributed by atoms with Crippen molar-refractivity contribution in [3.05, 3.63) is 12.2 Å². The third-order valence-electron chi connectivity index (χ3n) is 4.02. The van der Waals surface area contributed by atoms with Gasteiger partial charge in [0.05, 0.1) is 0 Å². The predicted molar refractivity (Wildman–Crippen MR) is 73.0 cm³/mol. The summed E-state index contributed by atoms with van der Waals surface area (Å²) in [6.07, 6.45) is 5.61. The van der Waals surface area contributed by atoms with Crippen LogP contribution >= 0.6 is 0 Å². The fourth-order valence-electron chi connectivity index (χ4n) is 2.87. The molecule has 0 aromatic heterocycles. The van der Waals surface area contributed by atoms with Crippen LogP contribution in [0.5, 0.6) is 0 Å². The van der Waals surface area contributed by atoms with E-state index < -0.39 is 0 Å². The molecule has 2 N–H and O–H groups in total. The highest BCUT2D eigenvalue weighted by Gasteiger charge is 2.27. The average Bonchev–Trinajstić information content (AvgIpc) is 2.63. The van der Waals surface area contributed by atoms with E-state index in [-0.39, 0.29) is 0 Å². The van der Waals surface area contributed by atoms with Gasteiger partial charge in [0.2, 0.25) is 0 Å². The van der Waals surface area contributed by atoms with Crippen LogP contribution in [0.4, 0.5) is 0 Å². The molecule has 1 saturated heterocycles. The highest BCUT2D eigenvalue weighted by atomic mass is 15.3. The summed E-state index contributed by atoms with van der Waals surface area (Å²) < 4.78 is 0. The van der Waals surface area contributed by atoms with Crippen LogP contribution in [0.1, 0.15) is 27.2 Å². The molecule has 0 amide bonds. The summed E-state index contributed by atoms with van der Waals surface area (Å²) >= 11 is 0. The van der Waals surface area contributed by atoms with E-state index >= 15 is 0 Å². The minimum absolute atomic E-state index is 0.302. The second kappa shape index (κ2) is 5.09. The molecule has 98 valence electrons. The first-order chi connectivity index (χ1) is 7.95. The van der Waals surface area contributed by atoms with E-state index in [1.807, 2.05) is 0 Å². The predicted octanol–water partition coefficient (Wildman–Crippen LogP) is 1.31. The molecule has 0 spiro atoms. The maximum Gasteiger partial charge on any atom is 0.0229 e. The molecular weight excluding hydrogens is 210 g/mol. The second-order valence-corrected chi connectivity index (χ2v) is 6.50. The van der Waals surface area contributed by atoms with E-state index in [2.05, 4.69) is 42.7 Å². The molecule has 17 heavy (non-hydrogen) atoms. The summed E-state index contributed by atoms with van der Waals surface area (Å²) in [7, 11) is 0. The number of piperazine rings is 1. The number of nitrogens with zero attached hydrogens (tertiary/aromatic N) is 2. The van der Waals surface area contributed by atoms with Crippen LogP contribution in [0.3, 0.4) is 0 Å². The Morgan fingerprint density at radius 2 is 1.76 bits per heavy atom. The summed E-state index contributed by atoms with van der Waals surface area (Å²) in [5.74, 6) is 0.686. The molecule has 1 aliphatic carbocycles. The van der Waals surface area contributed by atoms with Crippen molar-refractivity contribution in [2.75, 3.05) is 32.7 Å². The Hall–Kier alpha value is -0.380. The van der Waals surface area contributed by atoms with Crippen LogP contribution < -0.4 is 5.73 Å². The third kappa shape index (κ3) is 3.54. The van der Waals surface area contributed by atoms with Crippen LogP contribution in [0, 0.1) is 5.92 Å². The van der Waals surface area contributed by atoms with E-state index in [4.69, 9.17) is 5.73 Å². The number of hydrogen-bond donors (Lipinski definition) is 1. The lowest BCUT2D eigenvalue weighted by Crippen LogP contribution is -2.53. The molecule has 0 aromatic rings. The van der Waals surface area contributed by atoms with Crippen molar-refractivity contribution in [1.29, 1.82) is 0 Å². The maximum atomic E-state index is 5.90. The topological polar surface area (TPSA) is 32.5 Å². The minimum Gasteiger partial charge on any atom is -0.324 e. The van der Waals surface area contributed by atoms with Gasteiger partial charge in [0.1, 0.15) is 0 Å². The quantitative estimate of drug-likeness (QED) is 0.735. The molecule has 2 aliphatic rings. The van der Waals surface area contributed by atoms with Crippen LogP contribution in [0.25, 0.3) is 0 Å². The van der Waals surface area contributed by atoms with Gasteiger partial charge in [-0.05, 0) is 33.1 Å². The van der Waals surface area contributed by atoms with Crippen molar-refractivity contribution < 1.29 is 0 Å². The molecule has 0 saturated carbocycles. The first kappa shape index (κ1) is 13.1. The zero-order valence-electron chi connectivity index (χ0n) is 11.5. The normalized spacial score (nSPS) is 32.2. The molecule has 3 nitrogen and oxygen atoms in total. The third-order valence-corrected chi connectivity index (χ3v) is 4.02. The molecule has 1 heterocycles. The van der Waals surface area contributed by atoms with Gasteiger partial charge in [0.15, 0.2) is 0 Å². The molecular formula is C14H27N3. The lowest BCUT2D eigenvalue weighted by Gasteiger charge is -2.42. The van der Waals surface area contributed by atoms with Crippen LogP contribution in [-0.2, 0) is 0 Å². The van der Waals surface area contributed by atoms with Crippen molar-refractivity contribution in [3.8, 4) is 0 Å².